The van der Waals surface area contributed by atoms with E-state index < -0.39 is 10.1 Å². The van der Waals surface area contributed by atoms with Crippen LogP contribution >= 0.6 is 0 Å². The molecule has 1 unspecified atom stereocenters. The Labute approximate surface area is 186 Å². The van der Waals surface area contributed by atoms with Crippen LogP contribution in [0.15, 0.2) is 0 Å². The molecule has 1 N–H and O–H groups in total. The van der Waals surface area contributed by atoms with Gasteiger partial charge in [0.15, 0.2) is 0 Å². The molecule has 0 aromatic rings. The van der Waals surface area contributed by atoms with Crippen LogP contribution in [0.25, 0.3) is 0 Å². The molecule has 0 rings (SSSR count). The number of hydrogen-bond acceptors (Lipinski definition) is 4. The minimum atomic E-state index is -4.01. The molecule has 0 spiro atoms. The molecular formula is C17H35KO4S. The summed E-state index contributed by atoms with van der Waals surface area (Å²) in [6.07, 6.45) is 15.7. The summed E-state index contributed by atoms with van der Waals surface area (Å²) in [6, 6.07) is 0. The molecule has 0 bridgehead atoms. The average Bonchev–Trinajstić information content (AvgIpc) is 2.41. The van der Waals surface area contributed by atoms with Crippen LogP contribution in [-0.2, 0) is 10.1 Å². The molecule has 0 aliphatic carbocycles. The summed E-state index contributed by atoms with van der Waals surface area (Å²) in [5.41, 5.74) is 0. The summed E-state index contributed by atoms with van der Waals surface area (Å²) in [4.78, 5) is 0. The van der Waals surface area contributed by atoms with Gasteiger partial charge < -0.3 is 9.66 Å². The fourth-order valence-electron chi connectivity index (χ4n) is 2.66. The molecule has 0 aromatic heterocycles. The third-order valence-electron chi connectivity index (χ3n) is 4.02. The molecule has 0 aromatic carbocycles. The van der Waals surface area contributed by atoms with Crippen LogP contribution in [-0.4, -0.2) is 29.9 Å². The van der Waals surface area contributed by atoms with E-state index in [-0.39, 0.29) is 63.2 Å². The Morgan fingerprint density at radius 3 is 1.35 bits per heavy atom. The van der Waals surface area contributed by atoms with Gasteiger partial charge in [-0.1, -0.05) is 77.0 Å². The third kappa shape index (κ3) is 25.9. The second kappa shape index (κ2) is 18.3. The van der Waals surface area contributed by atoms with Gasteiger partial charge in [-0.15, -0.1) is 0 Å². The van der Waals surface area contributed by atoms with Crippen LogP contribution in [0.4, 0.5) is 0 Å². The van der Waals surface area contributed by atoms with Gasteiger partial charge in [0.25, 0.3) is 0 Å². The summed E-state index contributed by atoms with van der Waals surface area (Å²) in [6.45, 7) is 1.85. The van der Waals surface area contributed by atoms with Crippen molar-refractivity contribution in [1.29, 1.82) is 0 Å². The quantitative estimate of drug-likeness (QED) is 0.251. The molecule has 0 saturated carbocycles. The molecule has 134 valence electrons. The number of rotatable bonds is 16. The summed E-state index contributed by atoms with van der Waals surface area (Å²) in [7, 11) is -4.01. The average molecular weight is 375 g/mol. The van der Waals surface area contributed by atoms with E-state index in [1.165, 1.54) is 51.4 Å². The molecule has 0 aliphatic rings. The van der Waals surface area contributed by atoms with Crippen molar-refractivity contribution in [1.82, 2.24) is 0 Å². The summed E-state index contributed by atoms with van der Waals surface area (Å²) in [5.74, 6) is -0.204. The van der Waals surface area contributed by atoms with Crippen molar-refractivity contribution in [3.63, 3.8) is 0 Å². The van der Waals surface area contributed by atoms with Gasteiger partial charge in [-0.25, -0.2) is 8.42 Å². The normalized spacial score (nSPS) is 12.8. The Balaban J connectivity index is 0. The maximum absolute atomic E-state index is 10.4. The van der Waals surface area contributed by atoms with E-state index in [1.54, 1.807) is 0 Å². The van der Waals surface area contributed by atoms with Gasteiger partial charge in [0, 0.05) is 5.75 Å². The van der Waals surface area contributed by atoms with E-state index in [1.807, 2.05) is 6.92 Å². The summed E-state index contributed by atoms with van der Waals surface area (Å²) >= 11 is 0. The van der Waals surface area contributed by atoms with E-state index in [9.17, 15) is 13.0 Å². The fourth-order valence-corrected chi connectivity index (χ4v) is 3.22. The first-order chi connectivity index (χ1) is 10.4. The van der Waals surface area contributed by atoms with E-state index in [0.29, 0.717) is 6.42 Å². The molecule has 4 nitrogen and oxygen atoms in total. The Hall–Kier alpha value is 1.51. The van der Waals surface area contributed by atoms with Gasteiger partial charge in [-0.2, -0.15) is 0 Å². The molecule has 0 amide bonds. The maximum atomic E-state index is 10.4. The van der Waals surface area contributed by atoms with Gasteiger partial charge >= 0.3 is 51.4 Å². The smallest absolute Gasteiger partial charge is 0.748 e. The fraction of sp³-hybridized carbons (Fsp3) is 1.00. The SMILES string of the molecule is CC(O)CCCCCCCCCCCCCCCS(=O)(=O)[O-].[K+]. The van der Waals surface area contributed by atoms with Crippen LogP contribution in [0.2, 0.25) is 0 Å². The van der Waals surface area contributed by atoms with Gasteiger partial charge in [-0.05, 0) is 19.8 Å². The van der Waals surface area contributed by atoms with E-state index in [0.717, 1.165) is 32.1 Å². The second-order valence-corrected chi connectivity index (χ2v) is 8.02. The van der Waals surface area contributed by atoms with Crippen molar-refractivity contribution in [2.45, 2.75) is 103 Å². The van der Waals surface area contributed by atoms with Crippen LogP contribution < -0.4 is 51.4 Å². The first kappa shape index (κ1) is 26.7. The molecular weight excluding hydrogens is 339 g/mol. The van der Waals surface area contributed by atoms with E-state index in [4.69, 9.17) is 5.11 Å². The molecule has 0 aliphatic heterocycles. The van der Waals surface area contributed by atoms with Crippen molar-refractivity contribution in [3.8, 4) is 0 Å². The zero-order valence-electron chi connectivity index (χ0n) is 15.3. The Morgan fingerprint density at radius 1 is 0.739 bits per heavy atom. The van der Waals surface area contributed by atoms with Gasteiger partial charge in [0.2, 0.25) is 0 Å². The number of aliphatic hydroxyl groups excluding tert-OH is 1. The summed E-state index contributed by atoms with van der Waals surface area (Å²) in [5, 5.41) is 9.14. The molecule has 23 heavy (non-hydrogen) atoms. The van der Waals surface area contributed by atoms with Gasteiger partial charge in [0.05, 0.1) is 16.2 Å². The number of hydrogen-bond donors (Lipinski definition) is 1. The zero-order valence-corrected chi connectivity index (χ0v) is 19.2. The van der Waals surface area contributed by atoms with E-state index >= 15 is 0 Å². The predicted octanol–water partition coefficient (Wildman–Crippen LogP) is 1.38. The largest absolute Gasteiger partial charge is 1.00 e. The second-order valence-electron chi connectivity index (χ2n) is 6.50. The Kier molecular flexibility index (Phi) is 21.3. The topological polar surface area (TPSA) is 77.4 Å². The molecule has 0 heterocycles. The van der Waals surface area contributed by atoms with Crippen LogP contribution in [0.3, 0.4) is 0 Å². The van der Waals surface area contributed by atoms with Crippen molar-refractivity contribution in [2.75, 3.05) is 5.75 Å². The minimum absolute atomic E-state index is 0. The Morgan fingerprint density at radius 2 is 1.04 bits per heavy atom. The molecule has 1 atom stereocenters. The molecule has 0 fully saturated rings. The standard InChI is InChI=1S/C17H36O4S.K/c1-17(18)15-13-11-9-7-5-3-2-4-6-8-10-12-14-16-22(19,20)21;/h17-18H,2-16H2,1H3,(H,19,20,21);/q;+1/p-1. The first-order valence-electron chi connectivity index (χ1n) is 9.03. The van der Waals surface area contributed by atoms with Crippen molar-refractivity contribution >= 4 is 10.1 Å². The minimum Gasteiger partial charge on any atom is -0.748 e. The Bertz CT molecular complexity index is 331. The molecule has 0 saturated heterocycles. The number of unbranched alkanes of at least 4 members (excludes halogenated alkanes) is 12. The number of aliphatic hydroxyl groups is 1. The van der Waals surface area contributed by atoms with Crippen molar-refractivity contribution in [3.05, 3.63) is 0 Å². The van der Waals surface area contributed by atoms with Crippen LogP contribution in [0.5, 0.6) is 0 Å². The van der Waals surface area contributed by atoms with Gasteiger partial charge in [0.1, 0.15) is 0 Å². The van der Waals surface area contributed by atoms with Crippen molar-refractivity contribution in [2.24, 2.45) is 0 Å². The first-order valence-corrected chi connectivity index (χ1v) is 10.6. The predicted molar refractivity (Wildman–Crippen MR) is 90.9 cm³/mol. The van der Waals surface area contributed by atoms with Gasteiger partial charge in [-0.3, -0.25) is 0 Å². The molecule has 6 heteroatoms. The zero-order chi connectivity index (χ0) is 16.7. The van der Waals surface area contributed by atoms with E-state index in [2.05, 4.69) is 0 Å². The third-order valence-corrected chi connectivity index (χ3v) is 4.80. The van der Waals surface area contributed by atoms with Crippen molar-refractivity contribution < 1.29 is 69.5 Å². The summed E-state index contributed by atoms with van der Waals surface area (Å²) < 4.78 is 31.2. The van der Waals surface area contributed by atoms with Crippen LogP contribution in [0.1, 0.15) is 96.8 Å². The molecule has 0 radical (unpaired) electrons. The monoisotopic (exact) mass is 374 g/mol. The maximum Gasteiger partial charge on any atom is 1.00 e. The van der Waals surface area contributed by atoms with Crippen LogP contribution in [0, 0.1) is 0 Å².